The molecule has 12 heteroatoms. The maximum atomic E-state index is 8.36. The molecule has 0 amide bonds. The first-order valence-electron chi connectivity index (χ1n) is 9.45. The summed E-state index contributed by atoms with van der Waals surface area (Å²) in [5.41, 5.74) is 0. The Morgan fingerprint density at radius 2 is 1.00 bits per heavy atom. The van der Waals surface area contributed by atoms with Gasteiger partial charge in [-0.1, -0.05) is 0 Å². The fraction of sp³-hybridized carbons (Fsp3) is 0.889. The van der Waals surface area contributed by atoms with Crippen LogP contribution in [0.1, 0.15) is 13.3 Å². The second kappa shape index (κ2) is 38.7. The van der Waals surface area contributed by atoms with Gasteiger partial charge in [-0.2, -0.15) is 0 Å². The molecule has 30 heavy (non-hydrogen) atoms. The van der Waals surface area contributed by atoms with Crippen LogP contribution in [0.5, 0.6) is 0 Å². The van der Waals surface area contributed by atoms with Crippen LogP contribution < -0.4 is 0 Å². The maximum absolute atomic E-state index is 8.36. The van der Waals surface area contributed by atoms with E-state index in [4.69, 9.17) is 60.2 Å². The van der Waals surface area contributed by atoms with Gasteiger partial charge in [0, 0.05) is 6.61 Å². The van der Waals surface area contributed by atoms with Gasteiger partial charge in [-0.25, -0.2) is 0 Å². The van der Waals surface area contributed by atoms with E-state index in [0.29, 0.717) is 46.1 Å². The molecule has 1 unspecified atom stereocenters. The van der Waals surface area contributed by atoms with Gasteiger partial charge in [0.25, 0.3) is 0 Å². The van der Waals surface area contributed by atoms with Crippen LogP contribution in [0.3, 0.4) is 0 Å². The highest BCUT2D eigenvalue weighted by Crippen LogP contribution is 1.80. The lowest BCUT2D eigenvalue weighted by Crippen LogP contribution is -2.15. The number of ether oxygens (including phenoxy) is 3. The Kier molecular flexibility index (Phi) is 47.0. The quantitative estimate of drug-likeness (QED) is 0.0912. The number of hydrogen-bond donors (Lipinski definition) is 9. The van der Waals surface area contributed by atoms with Crippen LogP contribution in [-0.2, 0) is 14.2 Å². The van der Waals surface area contributed by atoms with E-state index >= 15 is 0 Å². The molecule has 0 aromatic rings. The Labute approximate surface area is 178 Å². The standard InChI is InChI=1S/C8H18O5.C4H8O2.C3H8O3.C3H8O2/c9-1-3-11-5-7-13-8-6-12-4-2-10;5-3-1-2-4-6;4-1-3(6)2-5;1-3(5)2-4/h9-10H,1-8H2;1,3,5-6H,2,4H2;3-6H,1-2H2;3-5H,2H2,1H3. The van der Waals surface area contributed by atoms with Crippen LogP contribution in [0, 0.1) is 0 Å². The van der Waals surface area contributed by atoms with Crippen molar-refractivity contribution in [1.29, 1.82) is 0 Å². The number of aliphatic hydroxyl groups excluding tert-OH is 9. The summed E-state index contributed by atoms with van der Waals surface area (Å²) in [7, 11) is 0. The molecule has 9 N–H and O–H groups in total. The summed E-state index contributed by atoms with van der Waals surface area (Å²) < 4.78 is 15.0. The molecule has 0 spiro atoms. The van der Waals surface area contributed by atoms with Gasteiger partial charge in [-0.3, -0.25) is 0 Å². The Balaban J connectivity index is -0.000000167. The fourth-order valence-corrected chi connectivity index (χ4v) is 0.878. The predicted molar refractivity (Wildman–Crippen MR) is 109 cm³/mol. The Hall–Kier alpha value is -0.900. The summed E-state index contributed by atoms with van der Waals surface area (Å²) >= 11 is 0. The van der Waals surface area contributed by atoms with Crippen molar-refractivity contribution >= 4 is 0 Å². The Morgan fingerprint density at radius 3 is 1.17 bits per heavy atom. The Morgan fingerprint density at radius 1 is 0.633 bits per heavy atom. The number of aliphatic hydroxyl groups is 9. The van der Waals surface area contributed by atoms with Crippen LogP contribution in [0.15, 0.2) is 12.3 Å². The average molecular weight is 451 g/mol. The van der Waals surface area contributed by atoms with Crippen LogP contribution >= 0.6 is 0 Å². The van der Waals surface area contributed by atoms with Crippen LogP contribution in [0.2, 0.25) is 0 Å². The lowest BCUT2D eigenvalue weighted by Gasteiger charge is -2.04. The lowest BCUT2D eigenvalue weighted by molar-refractivity contribution is 0.00230. The molecule has 0 saturated heterocycles. The van der Waals surface area contributed by atoms with E-state index in [1.807, 2.05) is 0 Å². The molecule has 0 aliphatic heterocycles. The van der Waals surface area contributed by atoms with Gasteiger partial charge in [-0.15, -0.1) is 0 Å². The van der Waals surface area contributed by atoms with Crippen molar-refractivity contribution in [3.05, 3.63) is 12.3 Å². The fourth-order valence-electron chi connectivity index (χ4n) is 0.878. The van der Waals surface area contributed by atoms with Crippen molar-refractivity contribution in [2.45, 2.75) is 25.6 Å². The second-order valence-corrected chi connectivity index (χ2v) is 5.23. The van der Waals surface area contributed by atoms with Crippen molar-refractivity contribution in [2.24, 2.45) is 0 Å². The van der Waals surface area contributed by atoms with Gasteiger partial charge < -0.3 is 60.2 Å². The molecule has 0 heterocycles. The highest BCUT2D eigenvalue weighted by Gasteiger charge is 1.93. The molecular formula is C18H42O12. The first-order valence-corrected chi connectivity index (χ1v) is 9.45. The normalized spacial score (nSPS) is 11.1. The summed E-state index contributed by atoms with van der Waals surface area (Å²) in [6.07, 6.45) is 1.44. The average Bonchev–Trinajstić information content (AvgIpc) is 2.77. The van der Waals surface area contributed by atoms with Gasteiger partial charge in [0.05, 0.1) is 85.0 Å². The number of hydrogen-bond acceptors (Lipinski definition) is 12. The molecule has 0 radical (unpaired) electrons. The van der Waals surface area contributed by atoms with Gasteiger partial charge in [0.2, 0.25) is 0 Å². The van der Waals surface area contributed by atoms with Gasteiger partial charge in [0.15, 0.2) is 0 Å². The van der Waals surface area contributed by atoms with E-state index in [1.165, 1.54) is 13.0 Å². The molecule has 0 aliphatic rings. The third-order valence-electron chi connectivity index (χ3n) is 2.30. The smallest absolute Gasteiger partial charge is 0.100 e. The van der Waals surface area contributed by atoms with Crippen LogP contribution in [0.4, 0.5) is 0 Å². The highest BCUT2D eigenvalue weighted by molar-refractivity contribution is 4.69. The van der Waals surface area contributed by atoms with Crippen molar-refractivity contribution < 1.29 is 60.2 Å². The topological polar surface area (TPSA) is 210 Å². The summed E-state index contributed by atoms with van der Waals surface area (Å²) in [5.74, 6) is 0. The first kappa shape index (κ1) is 36.5. The number of rotatable bonds is 15. The predicted octanol–water partition coefficient (Wildman–Crippen LogP) is -2.85. The molecule has 0 fully saturated rings. The van der Waals surface area contributed by atoms with Gasteiger partial charge >= 0.3 is 0 Å². The zero-order chi connectivity index (χ0) is 23.9. The molecule has 0 aromatic heterocycles. The second-order valence-electron chi connectivity index (χ2n) is 5.23. The largest absolute Gasteiger partial charge is 0.516 e. The van der Waals surface area contributed by atoms with E-state index in [0.717, 1.165) is 6.26 Å². The molecular weight excluding hydrogens is 408 g/mol. The molecule has 0 bridgehead atoms. The van der Waals surface area contributed by atoms with E-state index in [-0.39, 0.29) is 39.6 Å². The SMILES string of the molecule is CC(O)CO.OC=CCCO.OCC(O)CO.OCCOCCOCCOCCO. The summed E-state index contributed by atoms with van der Waals surface area (Å²) in [6.45, 7) is 3.53. The van der Waals surface area contributed by atoms with Gasteiger partial charge in [0.1, 0.15) is 6.10 Å². The van der Waals surface area contributed by atoms with Crippen molar-refractivity contribution in [1.82, 2.24) is 0 Å². The Bertz CT molecular complexity index is 266. The molecule has 0 saturated carbocycles. The first-order chi connectivity index (χ1) is 14.4. The molecule has 186 valence electrons. The minimum absolute atomic E-state index is 0.0413. The van der Waals surface area contributed by atoms with Gasteiger partial charge in [-0.05, 0) is 19.4 Å². The molecule has 0 rings (SSSR count). The lowest BCUT2D eigenvalue weighted by atomic mass is 10.4. The van der Waals surface area contributed by atoms with Crippen molar-refractivity contribution in [3.8, 4) is 0 Å². The minimum atomic E-state index is -0.954. The third kappa shape index (κ3) is 56.3. The van der Waals surface area contributed by atoms with E-state index in [2.05, 4.69) is 0 Å². The molecule has 0 aromatic carbocycles. The van der Waals surface area contributed by atoms with Crippen LogP contribution in [-0.4, -0.2) is 137 Å². The highest BCUT2D eigenvalue weighted by atomic mass is 16.5. The van der Waals surface area contributed by atoms with E-state index in [9.17, 15) is 0 Å². The molecule has 1 atom stereocenters. The van der Waals surface area contributed by atoms with E-state index in [1.54, 1.807) is 0 Å². The summed E-state index contributed by atoms with van der Waals surface area (Å²) in [5, 5.41) is 72.7. The third-order valence-corrected chi connectivity index (χ3v) is 2.30. The van der Waals surface area contributed by atoms with E-state index < -0.39 is 12.2 Å². The minimum Gasteiger partial charge on any atom is -0.516 e. The zero-order valence-electron chi connectivity index (χ0n) is 17.8. The monoisotopic (exact) mass is 450 g/mol. The van der Waals surface area contributed by atoms with Crippen LogP contribution in [0.25, 0.3) is 0 Å². The van der Waals surface area contributed by atoms with Crippen molar-refractivity contribution in [3.63, 3.8) is 0 Å². The summed E-state index contributed by atoms with van der Waals surface area (Å²) in [4.78, 5) is 0. The summed E-state index contributed by atoms with van der Waals surface area (Å²) in [6, 6.07) is 0. The maximum Gasteiger partial charge on any atom is 0.100 e. The molecule has 12 nitrogen and oxygen atoms in total. The zero-order valence-corrected chi connectivity index (χ0v) is 17.8. The molecule has 0 aliphatic carbocycles. The van der Waals surface area contributed by atoms with Crippen molar-refractivity contribution in [2.75, 3.05) is 79.3 Å².